The SMILES string of the molecule is CNCC(=O)Nc1ccc2nc(C(C)(C)C)sc2c1. The van der Waals surface area contributed by atoms with Crippen LogP contribution in [0.25, 0.3) is 10.2 Å². The molecule has 102 valence electrons. The van der Waals surface area contributed by atoms with E-state index in [1.54, 1.807) is 18.4 Å². The van der Waals surface area contributed by atoms with Crippen LogP contribution in [-0.4, -0.2) is 24.5 Å². The maximum absolute atomic E-state index is 11.5. The molecule has 0 radical (unpaired) electrons. The van der Waals surface area contributed by atoms with Crippen LogP contribution in [0, 0.1) is 0 Å². The molecule has 0 aliphatic heterocycles. The summed E-state index contributed by atoms with van der Waals surface area (Å²) in [5.41, 5.74) is 1.86. The van der Waals surface area contributed by atoms with Crippen molar-refractivity contribution in [1.82, 2.24) is 10.3 Å². The molecule has 0 saturated heterocycles. The van der Waals surface area contributed by atoms with Gasteiger partial charge in [0.25, 0.3) is 0 Å². The molecule has 0 spiro atoms. The van der Waals surface area contributed by atoms with Crippen molar-refractivity contribution in [2.24, 2.45) is 0 Å². The Hall–Kier alpha value is -1.46. The third-order valence-corrected chi connectivity index (χ3v) is 4.10. The Balaban J connectivity index is 2.28. The first kappa shape index (κ1) is 14.0. The van der Waals surface area contributed by atoms with Crippen molar-refractivity contribution < 1.29 is 4.79 Å². The average molecular weight is 277 g/mol. The quantitative estimate of drug-likeness (QED) is 0.907. The van der Waals surface area contributed by atoms with Gasteiger partial charge in [0.2, 0.25) is 5.91 Å². The molecule has 2 aromatic rings. The lowest BCUT2D eigenvalue weighted by molar-refractivity contribution is -0.115. The van der Waals surface area contributed by atoms with Crippen LogP contribution in [-0.2, 0) is 10.2 Å². The van der Waals surface area contributed by atoms with Gasteiger partial charge in [0.05, 0.1) is 21.8 Å². The van der Waals surface area contributed by atoms with E-state index in [1.807, 2.05) is 18.2 Å². The number of benzene rings is 1. The highest BCUT2D eigenvalue weighted by molar-refractivity contribution is 7.18. The van der Waals surface area contributed by atoms with Crippen molar-refractivity contribution in [2.45, 2.75) is 26.2 Å². The Labute approximate surface area is 117 Å². The summed E-state index contributed by atoms with van der Waals surface area (Å²) in [6.45, 7) is 6.77. The van der Waals surface area contributed by atoms with Gasteiger partial charge in [0.1, 0.15) is 0 Å². The second kappa shape index (κ2) is 5.27. The predicted molar refractivity (Wildman–Crippen MR) is 80.9 cm³/mol. The minimum atomic E-state index is -0.0394. The van der Waals surface area contributed by atoms with Gasteiger partial charge in [-0.3, -0.25) is 4.79 Å². The van der Waals surface area contributed by atoms with Crippen molar-refractivity contribution in [3.8, 4) is 0 Å². The highest BCUT2D eigenvalue weighted by Gasteiger charge is 2.18. The fourth-order valence-electron chi connectivity index (χ4n) is 1.69. The topological polar surface area (TPSA) is 54.0 Å². The smallest absolute Gasteiger partial charge is 0.238 e. The van der Waals surface area contributed by atoms with Gasteiger partial charge in [-0.05, 0) is 25.2 Å². The molecule has 0 fully saturated rings. The number of fused-ring (bicyclic) bond motifs is 1. The standard InChI is InChI=1S/C14H19N3OS/c1-14(2,3)13-17-10-6-5-9(7-11(10)19-13)16-12(18)8-15-4/h5-7,15H,8H2,1-4H3,(H,16,18). The molecule has 19 heavy (non-hydrogen) atoms. The zero-order valence-corrected chi connectivity index (χ0v) is 12.5. The van der Waals surface area contributed by atoms with E-state index in [0.29, 0.717) is 6.54 Å². The first-order chi connectivity index (χ1) is 8.90. The summed E-state index contributed by atoms with van der Waals surface area (Å²) in [5.74, 6) is -0.0394. The van der Waals surface area contributed by atoms with Crippen LogP contribution < -0.4 is 10.6 Å². The Morgan fingerprint density at radius 3 is 2.74 bits per heavy atom. The van der Waals surface area contributed by atoms with Crippen molar-refractivity contribution in [3.63, 3.8) is 0 Å². The summed E-state index contributed by atoms with van der Waals surface area (Å²) in [6.07, 6.45) is 0. The number of rotatable bonds is 3. The van der Waals surface area contributed by atoms with Crippen LogP contribution in [0.2, 0.25) is 0 Å². The molecule has 2 N–H and O–H groups in total. The van der Waals surface area contributed by atoms with Gasteiger partial charge in [-0.1, -0.05) is 20.8 Å². The van der Waals surface area contributed by atoms with Gasteiger partial charge in [0, 0.05) is 11.1 Å². The molecule has 1 heterocycles. The van der Waals surface area contributed by atoms with Crippen LogP contribution in [0.15, 0.2) is 18.2 Å². The Morgan fingerprint density at radius 2 is 2.11 bits per heavy atom. The molecule has 5 heteroatoms. The summed E-state index contributed by atoms with van der Waals surface area (Å²) in [6, 6.07) is 5.83. The van der Waals surface area contributed by atoms with Crippen LogP contribution in [0.4, 0.5) is 5.69 Å². The monoisotopic (exact) mass is 277 g/mol. The van der Waals surface area contributed by atoms with E-state index >= 15 is 0 Å². The maximum atomic E-state index is 11.5. The molecular formula is C14H19N3OS. The van der Waals surface area contributed by atoms with E-state index in [2.05, 4.69) is 36.4 Å². The number of hydrogen-bond acceptors (Lipinski definition) is 4. The normalized spacial score (nSPS) is 11.8. The number of likely N-dealkylation sites (N-methyl/N-ethyl adjacent to an activating group) is 1. The number of aromatic nitrogens is 1. The first-order valence-corrected chi connectivity index (χ1v) is 7.07. The van der Waals surface area contributed by atoms with Gasteiger partial charge in [-0.15, -0.1) is 11.3 Å². The predicted octanol–water partition coefficient (Wildman–Crippen LogP) is 2.75. The summed E-state index contributed by atoms with van der Waals surface area (Å²) in [5, 5.41) is 6.80. The number of carbonyl (C=O) groups is 1. The minimum absolute atomic E-state index is 0.0394. The molecule has 1 aromatic carbocycles. The summed E-state index contributed by atoms with van der Waals surface area (Å²) in [7, 11) is 1.75. The van der Waals surface area contributed by atoms with Crippen molar-refractivity contribution in [2.75, 3.05) is 18.9 Å². The van der Waals surface area contributed by atoms with Crippen molar-refractivity contribution in [3.05, 3.63) is 23.2 Å². The van der Waals surface area contributed by atoms with E-state index in [9.17, 15) is 4.79 Å². The van der Waals surface area contributed by atoms with Gasteiger partial charge >= 0.3 is 0 Å². The van der Waals surface area contributed by atoms with Crippen molar-refractivity contribution in [1.29, 1.82) is 0 Å². The third-order valence-electron chi connectivity index (χ3n) is 2.65. The second-order valence-corrected chi connectivity index (χ2v) is 6.56. The summed E-state index contributed by atoms with van der Waals surface area (Å²) >= 11 is 1.68. The highest BCUT2D eigenvalue weighted by atomic mass is 32.1. The lowest BCUT2D eigenvalue weighted by atomic mass is 9.98. The van der Waals surface area contributed by atoms with Gasteiger partial charge in [-0.2, -0.15) is 0 Å². The molecule has 4 nitrogen and oxygen atoms in total. The summed E-state index contributed by atoms with van der Waals surface area (Å²) < 4.78 is 1.10. The molecule has 0 aliphatic carbocycles. The number of nitrogens with one attached hydrogen (secondary N) is 2. The van der Waals surface area contributed by atoms with Gasteiger partial charge in [0.15, 0.2) is 0 Å². The zero-order chi connectivity index (χ0) is 14.0. The van der Waals surface area contributed by atoms with Gasteiger partial charge in [-0.25, -0.2) is 4.98 Å². The molecule has 1 aromatic heterocycles. The number of amides is 1. The largest absolute Gasteiger partial charge is 0.325 e. The number of anilines is 1. The molecule has 0 unspecified atom stereocenters. The lowest BCUT2D eigenvalue weighted by Crippen LogP contribution is -2.24. The van der Waals surface area contributed by atoms with E-state index in [4.69, 9.17) is 0 Å². The molecule has 1 amide bonds. The molecule has 0 atom stereocenters. The van der Waals surface area contributed by atoms with Crippen LogP contribution >= 0.6 is 11.3 Å². The Morgan fingerprint density at radius 1 is 1.37 bits per heavy atom. The molecule has 2 rings (SSSR count). The van der Waals surface area contributed by atoms with E-state index in [1.165, 1.54) is 0 Å². The zero-order valence-electron chi connectivity index (χ0n) is 11.7. The molecule has 0 aliphatic rings. The summed E-state index contributed by atoms with van der Waals surface area (Å²) in [4.78, 5) is 16.2. The fourth-order valence-corrected chi connectivity index (χ4v) is 2.75. The van der Waals surface area contributed by atoms with E-state index < -0.39 is 0 Å². The van der Waals surface area contributed by atoms with Crippen molar-refractivity contribution >= 4 is 33.1 Å². The number of hydrogen-bond donors (Lipinski definition) is 2. The van der Waals surface area contributed by atoms with Crippen LogP contribution in [0.1, 0.15) is 25.8 Å². The Bertz CT molecular complexity index is 598. The van der Waals surface area contributed by atoms with Crippen LogP contribution in [0.5, 0.6) is 0 Å². The lowest BCUT2D eigenvalue weighted by Gasteiger charge is -2.13. The van der Waals surface area contributed by atoms with E-state index in [0.717, 1.165) is 20.9 Å². The average Bonchev–Trinajstić information content (AvgIpc) is 2.71. The number of carbonyl (C=O) groups excluding carboxylic acids is 1. The fraction of sp³-hybridized carbons (Fsp3) is 0.429. The maximum Gasteiger partial charge on any atom is 0.238 e. The van der Waals surface area contributed by atoms with E-state index in [-0.39, 0.29) is 11.3 Å². The highest BCUT2D eigenvalue weighted by Crippen LogP contribution is 2.32. The molecule has 0 bridgehead atoms. The Kier molecular flexibility index (Phi) is 3.87. The molecule has 0 saturated carbocycles. The first-order valence-electron chi connectivity index (χ1n) is 6.25. The number of nitrogens with zero attached hydrogens (tertiary/aromatic N) is 1. The van der Waals surface area contributed by atoms with Crippen LogP contribution in [0.3, 0.4) is 0 Å². The molecular weight excluding hydrogens is 258 g/mol. The van der Waals surface area contributed by atoms with Gasteiger partial charge < -0.3 is 10.6 Å². The third kappa shape index (κ3) is 3.30. The second-order valence-electron chi connectivity index (χ2n) is 5.53. The number of thiazole rings is 1. The minimum Gasteiger partial charge on any atom is -0.325 e.